The van der Waals surface area contributed by atoms with Crippen LogP contribution in [-0.4, -0.2) is 67.5 Å². The molecule has 0 aromatic heterocycles. The first-order valence-electron chi connectivity index (χ1n) is 11.6. The fourth-order valence-corrected chi connectivity index (χ4v) is 5.00. The van der Waals surface area contributed by atoms with E-state index in [4.69, 9.17) is 4.74 Å². The Morgan fingerprint density at radius 1 is 1.16 bits per heavy atom. The number of benzene rings is 1. The molecule has 170 valence electrons. The third-order valence-corrected chi connectivity index (χ3v) is 6.95. The van der Waals surface area contributed by atoms with Crippen molar-refractivity contribution >= 4 is 17.9 Å². The predicted octanol–water partition coefficient (Wildman–Crippen LogP) is 3.33. The van der Waals surface area contributed by atoms with Crippen molar-refractivity contribution in [3.05, 3.63) is 35.9 Å². The number of hydrogen-bond donors (Lipinski definition) is 1. The Morgan fingerprint density at radius 2 is 1.87 bits per heavy atom. The molecule has 0 spiro atoms. The molecule has 2 amide bonds. The average molecular weight is 428 g/mol. The fourth-order valence-electron chi connectivity index (χ4n) is 5.00. The highest BCUT2D eigenvalue weighted by atomic mass is 16.5. The summed E-state index contributed by atoms with van der Waals surface area (Å²) in [4.78, 5) is 29.2. The molecule has 1 N–H and O–H groups in total. The van der Waals surface area contributed by atoms with Gasteiger partial charge in [-0.15, -0.1) is 0 Å². The number of nitrogens with zero attached hydrogens (tertiary/aromatic N) is 2. The van der Waals surface area contributed by atoms with E-state index in [1.807, 2.05) is 29.2 Å². The summed E-state index contributed by atoms with van der Waals surface area (Å²) in [5.41, 5.74) is 0.824. The van der Waals surface area contributed by atoms with E-state index in [1.165, 1.54) is 31.8 Å². The number of hydrogen-bond acceptors (Lipinski definition) is 4. The molecule has 1 saturated carbocycles. The maximum absolute atomic E-state index is 12.6. The number of methoxy groups -OCH3 is 1. The summed E-state index contributed by atoms with van der Waals surface area (Å²) in [5, 5.41) is 2.71. The van der Waals surface area contributed by atoms with E-state index in [0.717, 1.165) is 37.4 Å². The van der Waals surface area contributed by atoms with Crippen LogP contribution in [0.5, 0.6) is 5.75 Å². The van der Waals surface area contributed by atoms with Crippen LogP contribution < -0.4 is 10.1 Å². The van der Waals surface area contributed by atoms with E-state index in [1.54, 1.807) is 13.2 Å². The molecule has 0 unspecified atom stereocenters. The van der Waals surface area contributed by atoms with Gasteiger partial charge in [0.05, 0.1) is 13.7 Å². The molecule has 1 saturated heterocycles. The lowest BCUT2D eigenvalue weighted by Crippen LogP contribution is -2.51. The number of likely N-dealkylation sites (tertiary alicyclic amines) is 1. The zero-order valence-corrected chi connectivity index (χ0v) is 19.2. The first kappa shape index (κ1) is 23.3. The second-order valence-electron chi connectivity index (χ2n) is 8.90. The van der Waals surface area contributed by atoms with Crippen LogP contribution in [0, 0.1) is 5.92 Å². The van der Waals surface area contributed by atoms with Crippen molar-refractivity contribution in [2.24, 2.45) is 5.92 Å². The van der Waals surface area contributed by atoms with Crippen molar-refractivity contribution in [1.29, 1.82) is 0 Å². The van der Waals surface area contributed by atoms with Gasteiger partial charge in [-0.1, -0.05) is 38.0 Å². The van der Waals surface area contributed by atoms with E-state index >= 15 is 0 Å². The van der Waals surface area contributed by atoms with Gasteiger partial charge in [0.15, 0.2) is 0 Å². The van der Waals surface area contributed by atoms with Crippen LogP contribution >= 0.6 is 0 Å². The number of ether oxygens (including phenoxy) is 1. The molecule has 1 aromatic rings. The smallest absolute Gasteiger partial charge is 0.244 e. The lowest BCUT2D eigenvalue weighted by molar-refractivity contribution is -0.133. The van der Waals surface area contributed by atoms with Gasteiger partial charge in [-0.05, 0) is 50.8 Å². The monoisotopic (exact) mass is 427 g/mol. The lowest BCUT2D eigenvalue weighted by atomic mass is 9.84. The molecule has 1 heterocycles. The van der Waals surface area contributed by atoms with Crippen LogP contribution in [0.4, 0.5) is 0 Å². The number of rotatable bonds is 7. The van der Waals surface area contributed by atoms with Crippen molar-refractivity contribution in [3.8, 4) is 5.75 Å². The van der Waals surface area contributed by atoms with E-state index in [-0.39, 0.29) is 18.4 Å². The maximum Gasteiger partial charge on any atom is 0.244 e. The topological polar surface area (TPSA) is 61.9 Å². The Morgan fingerprint density at radius 3 is 2.58 bits per heavy atom. The molecule has 1 aromatic carbocycles. The molecule has 2 aliphatic rings. The summed E-state index contributed by atoms with van der Waals surface area (Å²) in [6.45, 7) is 3.95. The molecular formula is C25H37N3O3. The molecule has 3 rings (SSSR count). The summed E-state index contributed by atoms with van der Waals surface area (Å²) < 4.78 is 5.28. The summed E-state index contributed by atoms with van der Waals surface area (Å²) in [6.07, 6.45) is 10.5. The van der Waals surface area contributed by atoms with Crippen LogP contribution in [0.1, 0.15) is 51.0 Å². The first-order valence-corrected chi connectivity index (χ1v) is 11.6. The van der Waals surface area contributed by atoms with E-state index in [9.17, 15) is 9.59 Å². The van der Waals surface area contributed by atoms with Crippen molar-refractivity contribution < 1.29 is 14.3 Å². The quantitative estimate of drug-likeness (QED) is 0.678. The van der Waals surface area contributed by atoms with Crippen LogP contribution in [0.3, 0.4) is 0 Å². The minimum absolute atomic E-state index is 0.00817. The number of carbonyl (C=O) groups excluding carboxylic acids is 2. The summed E-state index contributed by atoms with van der Waals surface area (Å²) in [5.74, 6) is 1.18. The molecule has 6 heteroatoms. The van der Waals surface area contributed by atoms with Crippen molar-refractivity contribution in [3.63, 3.8) is 0 Å². The zero-order valence-electron chi connectivity index (χ0n) is 19.2. The number of carbonyl (C=O) groups is 2. The average Bonchev–Trinajstić information content (AvgIpc) is 2.81. The first-order chi connectivity index (χ1) is 15.0. The van der Waals surface area contributed by atoms with Crippen LogP contribution in [0.15, 0.2) is 30.3 Å². The Balaban J connectivity index is 1.41. The SMILES string of the molecule is COc1ccccc1/C=C/C(=O)NCC(=O)N1CCC(N(C)[C@@H]2CCCC[C@H]2C)CC1. The maximum atomic E-state index is 12.6. The fraction of sp³-hybridized carbons (Fsp3) is 0.600. The van der Waals surface area contributed by atoms with Gasteiger partial charge in [-0.2, -0.15) is 0 Å². The molecule has 31 heavy (non-hydrogen) atoms. The van der Waals surface area contributed by atoms with Gasteiger partial charge in [0, 0.05) is 36.8 Å². The standard InChI is InChI=1S/C25H37N3O3/c1-19-8-4-6-10-22(19)27(2)21-14-16-28(17-15-21)25(30)18-26-24(29)13-12-20-9-5-7-11-23(20)31-3/h5,7,9,11-13,19,21-22H,4,6,8,10,14-18H2,1-3H3,(H,26,29)/b13-12+/t19-,22-/m1/s1. The minimum atomic E-state index is -0.278. The second-order valence-corrected chi connectivity index (χ2v) is 8.90. The molecule has 0 bridgehead atoms. The summed E-state index contributed by atoms with van der Waals surface area (Å²) >= 11 is 0. The number of para-hydroxylation sites is 1. The highest BCUT2D eigenvalue weighted by molar-refractivity contribution is 5.94. The number of piperidine rings is 1. The van der Waals surface area contributed by atoms with Crippen LogP contribution in [0.25, 0.3) is 6.08 Å². The van der Waals surface area contributed by atoms with Crippen molar-refractivity contribution in [1.82, 2.24) is 15.1 Å². The van der Waals surface area contributed by atoms with Gasteiger partial charge in [0.25, 0.3) is 0 Å². The minimum Gasteiger partial charge on any atom is -0.496 e. The molecular weight excluding hydrogens is 390 g/mol. The number of nitrogens with one attached hydrogen (secondary N) is 1. The molecule has 2 fully saturated rings. The molecule has 0 radical (unpaired) electrons. The third-order valence-electron chi connectivity index (χ3n) is 6.95. The van der Waals surface area contributed by atoms with Gasteiger partial charge >= 0.3 is 0 Å². The van der Waals surface area contributed by atoms with Crippen LogP contribution in [0.2, 0.25) is 0 Å². The van der Waals surface area contributed by atoms with E-state index < -0.39 is 0 Å². The Bertz CT molecular complexity index is 771. The second kappa shape index (κ2) is 11.3. The summed E-state index contributed by atoms with van der Waals surface area (Å²) in [7, 11) is 3.87. The molecule has 1 aliphatic heterocycles. The zero-order chi connectivity index (χ0) is 22.2. The Labute approximate surface area is 186 Å². The Kier molecular flexibility index (Phi) is 8.52. The molecule has 1 aliphatic carbocycles. The highest BCUT2D eigenvalue weighted by Crippen LogP contribution is 2.30. The van der Waals surface area contributed by atoms with Gasteiger partial charge < -0.3 is 19.9 Å². The Hall–Kier alpha value is -2.34. The number of amides is 2. The normalized spacial score (nSPS) is 22.6. The molecule has 6 nitrogen and oxygen atoms in total. The van der Waals surface area contributed by atoms with Crippen LogP contribution in [-0.2, 0) is 9.59 Å². The lowest BCUT2D eigenvalue weighted by Gasteiger charge is -2.44. The summed E-state index contributed by atoms with van der Waals surface area (Å²) in [6, 6.07) is 8.72. The van der Waals surface area contributed by atoms with Gasteiger partial charge in [-0.25, -0.2) is 0 Å². The van der Waals surface area contributed by atoms with Crippen molar-refractivity contribution in [2.45, 2.75) is 57.5 Å². The predicted molar refractivity (Wildman–Crippen MR) is 124 cm³/mol. The van der Waals surface area contributed by atoms with Gasteiger partial charge in [-0.3, -0.25) is 9.59 Å². The highest BCUT2D eigenvalue weighted by Gasteiger charge is 2.32. The van der Waals surface area contributed by atoms with Gasteiger partial charge in [0.2, 0.25) is 11.8 Å². The van der Waals surface area contributed by atoms with E-state index in [0.29, 0.717) is 17.8 Å². The largest absolute Gasteiger partial charge is 0.496 e. The van der Waals surface area contributed by atoms with E-state index in [2.05, 4.69) is 24.2 Å². The third kappa shape index (κ3) is 6.33. The van der Waals surface area contributed by atoms with Gasteiger partial charge in [0.1, 0.15) is 5.75 Å². The van der Waals surface area contributed by atoms with Crippen molar-refractivity contribution in [2.75, 3.05) is 33.8 Å². The molecule has 2 atom stereocenters.